The Hall–Kier alpha value is -2.86. The Morgan fingerprint density at radius 1 is 1.24 bits per heavy atom. The fourth-order valence-electron chi connectivity index (χ4n) is 2.79. The lowest BCUT2D eigenvalue weighted by atomic mass is 9.99. The summed E-state index contributed by atoms with van der Waals surface area (Å²) in [6.45, 7) is 7.78. The molecule has 2 aromatic rings. The molecule has 2 rings (SSSR count). The van der Waals surface area contributed by atoms with E-state index in [1.807, 2.05) is 6.92 Å². The van der Waals surface area contributed by atoms with Crippen molar-refractivity contribution in [2.45, 2.75) is 32.4 Å². The van der Waals surface area contributed by atoms with E-state index < -0.39 is 17.7 Å². The highest BCUT2D eigenvalue weighted by Gasteiger charge is 2.40. The molecule has 0 saturated heterocycles. The highest BCUT2D eigenvalue weighted by Crippen LogP contribution is 2.28. The molecule has 0 heterocycles. The summed E-state index contributed by atoms with van der Waals surface area (Å²) in [5.41, 5.74) is 0.255. The largest absolute Gasteiger partial charge is 0.465 e. The smallest absolute Gasteiger partial charge is 0.360 e. The van der Waals surface area contributed by atoms with Gasteiger partial charge in [0.1, 0.15) is 0 Å². The van der Waals surface area contributed by atoms with Gasteiger partial charge in [-0.2, -0.15) is 0 Å². The summed E-state index contributed by atoms with van der Waals surface area (Å²) in [5, 5.41) is 14.1. The number of nitrogens with one attached hydrogen (secondary N) is 1. The van der Waals surface area contributed by atoms with Gasteiger partial charge >= 0.3 is 11.9 Å². The number of aryl methyl sites for hydroxylation is 1. The minimum Gasteiger partial charge on any atom is -0.465 e. The zero-order chi connectivity index (χ0) is 21.4. The quantitative estimate of drug-likeness (QED) is 0.382. The topological polar surface area (TPSA) is 84.9 Å². The summed E-state index contributed by atoms with van der Waals surface area (Å²) in [5.74, 6) is -1.45. The van der Waals surface area contributed by atoms with E-state index in [2.05, 4.69) is 12.2 Å². The minimum absolute atomic E-state index is 0.181. The number of hydrogen-bond donors (Lipinski definition) is 2. The molecule has 0 fully saturated rings. The zero-order valence-corrected chi connectivity index (χ0v) is 17.0. The maximum atomic E-state index is 12.8. The number of esters is 2. The van der Waals surface area contributed by atoms with Crippen LogP contribution in [-0.4, -0.2) is 36.5 Å². The predicted molar refractivity (Wildman–Crippen MR) is 111 cm³/mol. The van der Waals surface area contributed by atoms with Crippen molar-refractivity contribution in [1.29, 1.82) is 0 Å². The Balaban J connectivity index is 2.42. The van der Waals surface area contributed by atoms with Crippen molar-refractivity contribution < 1.29 is 24.2 Å². The summed E-state index contributed by atoms with van der Waals surface area (Å²) in [4.78, 5) is 25.0. The molecule has 0 bridgehead atoms. The van der Waals surface area contributed by atoms with Crippen molar-refractivity contribution in [3.63, 3.8) is 0 Å². The zero-order valence-electron chi connectivity index (χ0n) is 17.0. The van der Waals surface area contributed by atoms with Gasteiger partial charge in [0.15, 0.2) is 0 Å². The maximum absolute atomic E-state index is 12.8. The fourth-order valence-corrected chi connectivity index (χ4v) is 2.79. The molecule has 2 aromatic carbocycles. The van der Waals surface area contributed by atoms with Crippen LogP contribution in [0.5, 0.6) is 0 Å². The first kappa shape index (κ1) is 22.4. The Morgan fingerprint density at radius 3 is 2.62 bits per heavy atom. The number of methoxy groups -OCH3 is 1. The number of carbonyl (C=O) groups is 2. The SMILES string of the molecule is [CH2]c1cccc([CH]C(O)(Nc2c(C)cccc2C(=O)OC)C(=O)OCCCC)c1. The van der Waals surface area contributed by atoms with E-state index >= 15 is 0 Å². The number of rotatable bonds is 9. The van der Waals surface area contributed by atoms with Crippen molar-refractivity contribution in [3.05, 3.63) is 78.1 Å². The van der Waals surface area contributed by atoms with Crippen molar-refractivity contribution >= 4 is 17.6 Å². The van der Waals surface area contributed by atoms with E-state index in [9.17, 15) is 14.7 Å². The third-order valence-electron chi connectivity index (χ3n) is 4.36. The number of para-hydroxylation sites is 1. The third-order valence-corrected chi connectivity index (χ3v) is 4.36. The summed E-state index contributed by atoms with van der Waals surface area (Å²) >= 11 is 0. The van der Waals surface area contributed by atoms with Crippen molar-refractivity contribution in [3.8, 4) is 0 Å². The van der Waals surface area contributed by atoms with Crippen LogP contribution in [0.1, 0.15) is 46.8 Å². The highest BCUT2D eigenvalue weighted by molar-refractivity contribution is 5.98. The van der Waals surface area contributed by atoms with E-state index in [0.29, 0.717) is 17.5 Å². The number of anilines is 1. The Bertz CT molecular complexity index is 864. The average molecular weight is 397 g/mol. The number of benzene rings is 2. The number of ether oxygens (including phenoxy) is 2. The van der Waals surface area contributed by atoms with Crippen LogP contribution >= 0.6 is 0 Å². The first-order valence-electron chi connectivity index (χ1n) is 9.44. The number of aliphatic hydroxyl groups is 1. The molecule has 0 aliphatic carbocycles. The normalized spacial score (nSPS) is 12.7. The monoisotopic (exact) mass is 397 g/mol. The van der Waals surface area contributed by atoms with Crippen LogP contribution < -0.4 is 5.32 Å². The van der Waals surface area contributed by atoms with Crippen molar-refractivity contribution in [2.24, 2.45) is 0 Å². The Kier molecular flexibility index (Phi) is 7.79. The van der Waals surface area contributed by atoms with Crippen molar-refractivity contribution in [1.82, 2.24) is 0 Å². The third kappa shape index (κ3) is 5.81. The Morgan fingerprint density at radius 2 is 1.97 bits per heavy atom. The minimum atomic E-state index is -2.20. The van der Waals surface area contributed by atoms with Gasteiger partial charge in [-0.3, -0.25) is 0 Å². The van der Waals surface area contributed by atoms with Gasteiger partial charge in [0.2, 0.25) is 5.72 Å². The summed E-state index contributed by atoms with van der Waals surface area (Å²) in [7, 11) is 1.27. The fraction of sp³-hybridized carbons (Fsp3) is 0.304. The van der Waals surface area contributed by atoms with Crippen LogP contribution in [0.2, 0.25) is 0 Å². The lowest BCUT2D eigenvalue weighted by Crippen LogP contribution is -2.49. The van der Waals surface area contributed by atoms with Gasteiger partial charge in [-0.25, -0.2) is 9.59 Å². The molecule has 6 heteroatoms. The first-order chi connectivity index (χ1) is 13.8. The van der Waals surface area contributed by atoms with E-state index in [1.54, 1.807) is 49.4 Å². The number of unbranched alkanes of at least 4 members (excludes halogenated alkanes) is 1. The molecule has 0 aromatic heterocycles. The summed E-state index contributed by atoms with van der Waals surface area (Å²) < 4.78 is 10.1. The van der Waals surface area contributed by atoms with Gasteiger partial charge in [-0.05, 0) is 43.0 Å². The average Bonchev–Trinajstić information content (AvgIpc) is 2.69. The molecule has 1 unspecified atom stereocenters. The van der Waals surface area contributed by atoms with Crippen LogP contribution in [0.4, 0.5) is 5.69 Å². The Labute approximate surface area is 171 Å². The van der Waals surface area contributed by atoms with Gasteiger partial charge in [-0.1, -0.05) is 49.7 Å². The van der Waals surface area contributed by atoms with Crippen LogP contribution in [0.25, 0.3) is 0 Å². The second kappa shape index (κ2) is 10.1. The number of hydrogen-bond acceptors (Lipinski definition) is 6. The van der Waals surface area contributed by atoms with E-state index in [0.717, 1.165) is 12.0 Å². The van der Waals surface area contributed by atoms with Crippen LogP contribution in [0.3, 0.4) is 0 Å². The first-order valence-corrected chi connectivity index (χ1v) is 9.44. The predicted octanol–water partition coefficient (Wildman–Crippen LogP) is 3.66. The van der Waals surface area contributed by atoms with Crippen LogP contribution in [0, 0.1) is 20.3 Å². The molecular formula is C23H27NO5. The van der Waals surface area contributed by atoms with Gasteiger partial charge in [0.25, 0.3) is 0 Å². The van der Waals surface area contributed by atoms with Gasteiger partial charge in [-0.15, -0.1) is 0 Å². The molecule has 2 radical (unpaired) electrons. The summed E-state index contributed by atoms with van der Waals surface area (Å²) in [6, 6.07) is 12.0. The van der Waals surface area contributed by atoms with E-state index in [1.165, 1.54) is 13.5 Å². The molecule has 0 saturated carbocycles. The highest BCUT2D eigenvalue weighted by atomic mass is 16.6. The molecule has 6 nitrogen and oxygen atoms in total. The molecule has 154 valence electrons. The second-order valence-electron chi connectivity index (χ2n) is 6.76. The van der Waals surface area contributed by atoms with E-state index in [4.69, 9.17) is 9.47 Å². The van der Waals surface area contributed by atoms with Gasteiger partial charge in [0.05, 0.1) is 31.4 Å². The molecule has 1 atom stereocenters. The lowest BCUT2D eigenvalue weighted by molar-refractivity contribution is -0.159. The lowest BCUT2D eigenvalue weighted by Gasteiger charge is -2.29. The van der Waals surface area contributed by atoms with Crippen molar-refractivity contribution in [2.75, 3.05) is 19.0 Å². The maximum Gasteiger partial charge on any atom is 0.360 e. The molecule has 0 spiro atoms. The molecule has 29 heavy (non-hydrogen) atoms. The second-order valence-corrected chi connectivity index (χ2v) is 6.76. The number of carbonyl (C=O) groups excluding carboxylic acids is 2. The molecular weight excluding hydrogens is 370 g/mol. The van der Waals surface area contributed by atoms with Gasteiger partial charge in [0, 0.05) is 0 Å². The molecule has 0 aliphatic rings. The molecule has 2 N–H and O–H groups in total. The standard InChI is InChI=1S/C23H27NO5/c1-5-6-13-29-22(26)23(27,15-18-11-7-9-16(2)14-18)24-20-17(3)10-8-12-19(20)21(25)28-4/h7-12,14-15,24,27H,2,5-6,13H2,1,3-4H3. The van der Waals surface area contributed by atoms with E-state index in [-0.39, 0.29) is 17.9 Å². The van der Waals surface area contributed by atoms with Crippen LogP contribution in [-0.2, 0) is 14.3 Å². The van der Waals surface area contributed by atoms with Gasteiger partial charge < -0.3 is 19.9 Å². The molecule has 0 amide bonds. The van der Waals surface area contributed by atoms with Crippen LogP contribution in [0.15, 0.2) is 42.5 Å². The summed E-state index contributed by atoms with van der Waals surface area (Å²) in [6.07, 6.45) is 2.87. The molecule has 0 aliphatic heterocycles.